The van der Waals surface area contributed by atoms with E-state index in [0.717, 1.165) is 13.1 Å². The van der Waals surface area contributed by atoms with Gasteiger partial charge in [0.05, 0.1) is 11.9 Å². The molecule has 0 atom stereocenters. The molecule has 1 aliphatic heterocycles. The van der Waals surface area contributed by atoms with E-state index in [0.29, 0.717) is 5.54 Å². The molecule has 1 saturated carbocycles. The van der Waals surface area contributed by atoms with Crippen molar-refractivity contribution in [2.45, 2.75) is 31.2 Å². The maximum absolute atomic E-state index is 4.24. The lowest BCUT2D eigenvalue weighted by atomic mass is 9.96. The van der Waals surface area contributed by atoms with Gasteiger partial charge in [-0.05, 0) is 12.8 Å². The largest absolute Gasteiger partial charge is 0.330 e. The molecule has 0 bridgehead atoms. The van der Waals surface area contributed by atoms with Crippen LogP contribution in [0, 0.1) is 0 Å². The van der Waals surface area contributed by atoms with E-state index in [1.165, 1.54) is 45.3 Å². The van der Waals surface area contributed by atoms with Crippen LogP contribution in [0.2, 0.25) is 0 Å². The summed E-state index contributed by atoms with van der Waals surface area (Å²) >= 11 is 0. The zero-order valence-corrected chi connectivity index (χ0v) is 10.4. The van der Waals surface area contributed by atoms with Gasteiger partial charge < -0.3 is 9.88 Å². The summed E-state index contributed by atoms with van der Waals surface area (Å²) in [5.41, 5.74) is 0.327. The van der Waals surface area contributed by atoms with E-state index in [1.54, 1.807) is 0 Å². The van der Waals surface area contributed by atoms with Crippen LogP contribution in [0.3, 0.4) is 0 Å². The van der Waals surface area contributed by atoms with E-state index in [1.807, 2.05) is 12.5 Å². The van der Waals surface area contributed by atoms with E-state index in [2.05, 4.69) is 26.0 Å². The Balaban J connectivity index is 1.75. The van der Waals surface area contributed by atoms with Crippen LogP contribution in [0.15, 0.2) is 18.7 Å². The van der Waals surface area contributed by atoms with E-state index in [9.17, 15) is 0 Å². The summed E-state index contributed by atoms with van der Waals surface area (Å²) in [7, 11) is 0. The highest BCUT2D eigenvalue weighted by molar-refractivity contribution is 4.97. The van der Waals surface area contributed by atoms with Gasteiger partial charge in [0.15, 0.2) is 0 Å². The number of aromatic nitrogens is 2. The first-order valence-electron chi connectivity index (χ1n) is 6.81. The van der Waals surface area contributed by atoms with Crippen LogP contribution in [0.1, 0.15) is 25.7 Å². The number of imidazole rings is 1. The first-order chi connectivity index (χ1) is 8.39. The molecule has 1 N–H and O–H groups in total. The molecular weight excluding hydrogens is 212 g/mol. The van der Waals surface area contributed by atoms with Crippen molar-refractivity contribution in [2.75, 3.05) is 32.7 Å². The predicted octanol–water partition coefficient (Wildman–Crippen LogP) is 1.06. The molecule has 3 rings (SSSR count). The first-order valence-corrected chi connectivity index (χ1v) is 6.81. The second-order valence-corrected chi connectivity index (χ2v) is 5.43. The van der Waals surface area contributed by atoms with Gasteiger partial charge in [-0.25, -0.2) is 4.98 Å². The molecule has 0 radical (unpaired) electrons. The Morgan fingerprint density at radius 2 is 1.94 bits per heavy atom. The Bertz CT molecular complexity index is 334. The maximum Gasteiger partial charge on any atom is 0.0951 e. The van der Waals surface area contributed by atoms with Crippen molar-refractivity contribution >= 4 is 0 Å². The van der Waals surface area contributed by atoms with Gasteiger partial charge in [-0.2, -0.15) is 0 Å². The van der Waals surface area contributed by atoms with Crippen LogP contribution >= 0.6 is 0 Å². The smallest absolute Gasteiger partial charge is 0.0951 e. The van der Waals surface area contributed by atoms with Gasteiger partial charge in [0.25, 0.3) is 0 Å². The molecule has 0 spiro atoms. The zero-order valence-electron chi connectivity index (χ0n) is 10.4. The molecular formula is C13H22N4. The van der Waals surface area contributed by atoms with Crippen molar-refractivity contribution in [3.8, 4) is 0 Å². The lowest BCUT2D eigenvalue weighted by molar-refractivity contribution is 0.142. The molecule has 1 aromatic heterocycles. The quantitative estimate of drug-likeness (QED) is 0.849. The van der Waals surface area contributed by atoms with E-state index in [4.69, 9.17) is 0 Å². The van der Waals surface area contributed by atoms with Crippen LogP contribution < -0.4 is 5.32 Å². The average molecular weight is 234 g/mol. The third-order valence-corrected chi connectivity index (χ3v) is 4.31. The Morgan fingerprint density at radius 3 is 2.59 bits per heavy atom. The second-order valence-electron chi connectivity index (χ2n) is 5.43. The SMILES string of the molecule is c1cn(C2(CN3CCNCC3)CCCC2)cn1. The normalized spacial score (nSPS) is 25.2. The Morgan fingerprint density at radius 1 is 1.18 bits per heavy atom. The summed E-state index contributed by atoms with van der Waals surface area (Å²) < 4.78 is 2.36. The van der Waals surface area contributed by atoms with Gasteiger partial charge in [-0.15, -0.1) is 0 Å². The standard InChI is InChI=1S/C13H22N4/c1-2-4-13(3-1,17-10-7-15-12-17)11-16-8-5-14-6-9-16/h7,10,12,14H,1-6,8-9,11H2. The lowest BCUT2D eigenvalue weighted by Crippen LogP contribution is -2.50. The molecule has 4 heteroatoms. The van der Waals surface area contributed by atoms with Crippen LogP contribution in [0.4, 0.5) is 0 Å². The molecule has 1 aliphatic carbocycles. The summed E-state index contributed by atoms with van der Waals surface area (Å²) in [6.07, 6.45) is 11.4. The molecule has 17 heavy (non-hydrogen) atoms. The summed E-state index contributed by atoms with van der Waals surface area (Å²) in [5, 5.41) is 3.43. The number of nitrogens with one attached hydrogen (secondary N) is 1. The topological polar surface area (TPSA) is 33.1 Å². The van der Waals surface area contributed by atoms with E-state index in [-0.39, 0.29) is 0 Å². The highest BCUT2D eigenvalue weighted by Crippen LogP contribution is 2.37. The van der Waals surface area contributed by atoms with Crippen LogP contribution in [-0.4, -0.2) is 47.2 Å². The zero-order chi connectivity index (χ0) is 11.6. The van der Waals surface area contributed by atoms with Crippen LogP contribution in [0.5, 0.6) is 0 Å². The van der Waals surface area contributed by atoms with Gasteiger partial charge in [-0.1, -0.05) is 12.8 Å². The number of rotatable bonds is 3. The lowest BCUT2D eigenvalue weighted by Gasteiger charge is -2.38. The molecule has 1 aromatic rings. The number of nitrogens with zero attached hydrogens (tertiary/aromatic N) is 3. The van der Waals surface area contributed by atoms with Crippen LogP contribution in [0.25, 0.3) is 0 Å². The fourth-order valence-corrected chi connectivity index (χ4v) is 3.36. The summed E-state index contributed by atoms with van der Waals surface area (Å²) in [5.74, 6) is 0. The van der Waals surface area contributed by atoms with Crippen molar-refractivity contribution in [1.29, 1.82) is 0 Å². The highest BCUT2D eigenvalue weighted by Gasteiger charge is 2.37. The third kappa shape index (κ3) is 2.24. The van der Waals surface area contributed by atoms with Gasteiger partial charge in [-0.3, -0.25) is 4.90 Å². The fourth-order valence-electron chi connectivity index (χ4n) is 3.36. The van der Waals surface area contributed by atoms with Crippen molar-refractivity contribution < 1.29 is 0 Å². The van der Waals surface area contributed by atoms with Gasteiger partial charge in [0.2, 0.25) is 0 Å². The van der Waals surface area contributed by atoms with E-state index >= 15 is 0 Å². The molecule has 2 heterocycles. The Labute approximate surface area is 103 Å². The Hall–Kier alpha value is -0.870. The highest BCUT2D eigenvalue weighted by atomic mass is 15.2. The molecule has 2 fully saturated rings. The maximum atomic E-state index is 4.24. The van der Waals surface area contributed by atoms with Gasteiger partial charge >= 0.3 is 0 Å². The third-order valence-electron chi connectivity index (χ3n) is 4.31. The monoisotopic (exact) mass is 234 g/mol. The molecule has 94 valence electrons. The predicted molar refractivity (Wildman–Crippen MR) is 68.0 cm³/mol. The minimum Gasteiger partial charge on any atom is -0.330 e. The Kier molecular flexibility index (Phi) is 3.16. The van der Waals surface area contributed by atoms with E-state index < -0.39 is 0 Å². The molecule has 0 amide bonds. The van der Waals surface area contributed by atoms with Gasteiger partial charge in [0.1, 0.15) is 0 Å². The molecule has 0 aromatic carbocycles. The van der Waals surface area contributed by atoms with Crippen molar-refractivity contribution in [3.63, 3.8) is 0 Å². The average Bonchev–Trinajstić information content (AvgIpc) is 3.01. The second kappa shape index (κ2) is 4.78. The van der Waals surface area contributed by atoms with Crippen molar-refractivity contribution in [3.05, 3.63) is 18.7 Å². The number of hydrogen-bond acceptors (Lipinski definition) is 3. The first kappa shape index (κ1) is 11.2. The van der Waals surface area contributed by atoms with Gasteiger partial charge in [0, 0.05) is 45.1 Å². The molecule has 2 aliphatic rings. The molecule has 0 unspecified atom stereocenters. The van der Waals surface area contributed by atoms with Crippen molar-refractivity contribution in [1.82, 2.24) is 19.8 Å². The molecule has 1 saturated heterocycles. The summed E-state index contributed by atoms with van der Waals surface area (Å²) in [6, 6.07) is 0. The van der Waals surface area contributed by atoms with Crippen molar-refractivity contribution in [2.24, 2.45) is 0 Å². The summed E-state index contributed by atoms with van der Waals surface area (Å²) in [6.45, 7) is 5.86. The number of piperazine rings is 1. The fraction of sp³-hybridized carbons (Fsp3) is 0.769. The minimum atomic E-state index is 0.327. The van der Waals surface area contributed by atoms with Crippen LogP contribution in [-0.2, 0) is 5.54 Å². The number of hydrogen-bond donors (Lipinski definition) is 1. The summed E-state index contributed by atoms with van der Waals surface area (Å²) in [4.78, 5) is 6.85. The molecule has 4 nitrogen and oxygen atoms in total. The minimum absolute atomic E-state index is 0.327.